The largest absolute Gasteiger partial charge is 0.474 e. The van der Waals surface area contributed by atoms with Crippen LogP contribution in [0, 0.1) is 0 Å². The fourth-order valence-corrected chi connectivity index (χ4v) is 3.19. The molecular weight excluding hydrogens is 396 g/mol. The van der Waals surface area contributed by atoms with Crippen LogP contribution in [0.1, 0.15) is 5.56 Å². The molecule has 0 aromatic heterocycles. The predicted octanol–water partition coefficient (Wildman–Crippen LogP) is 4.76. The smallest absolute Gasteiger partial charge is 0.236 e. The Labute approximate surface area is 140 Å². The van der Waals surface area contributed by atoms with E-state index in [-0.39, 0.29) is 0 Å². The van der Waals surface area contributed by atoms with E-state index >= 15 is 0 Å². The molecule has 0 saturated heterocycles. The fourth-order valence-electron chi connectivity index (χ4n) is 2.02. The van der Waals surface area contributed by atoms with E-state index in [2.05, 4.69) is 36.9 Å². The molecule has 1 aliphatic rings. The van der Waals surface area contributed by atoms with Gasteiger partial charge in [-0.15, -0.1) is 0 Å². The molecule has 0 spiro atoms. The third kappa shape index (κ3) is 3.24. The van der Waals surface area contributed by atoms with E-state index in [1.54, 1.807) is 0 Å². The van der Waals surface area contributed by atoms with Gasteiger partial charge in [0.05, 0.1) is 12.2 Å². The first-order valence-corrected chi connectivity index (χ1v) is 8.10. The summed E-state index contributed by atoms with van der Waals surface area (Å²) in [6, 6.07) is 15.8. The molecule has 106 valence electrons. The van der Waals surface area contributed by atoms with Gasteiger partial charge in [0.2, 0.25) is 5.90 Å². The lowest BCUT2D eigenvalue weighted by atomic mass is 10.1. The maximum Gasteiger partial charge on any atom is 0.236 e. The lowest BCUT2D eigenvalue weighted by molar-refractivity contribution is 0.353. The monoisotopic (exact) mass is 406 g/mol. The molecule has 0 N–H and O–H groups in total. The summed E-state index contributed by atoms with van der Waals surface area (Å²) in [4.78, 5) is 9.18. The molecule has 21 heavy (non-hydrogen) atoms. The van der Waals surface area contributed by atoms with E-state index in [0.29, 0.717) is 19.0 Å². The van der Waals surface area contributed by atoms with Crippen LogP contribution in [0.15, 0.2) is 67.5 Å². The molecule has 0 fully saturated rings. The minimum atomic E-state index is 0.601. The summed E-state index contributed by atoms with van der Waals surface area (Å²) in [5.74, 6) is 0.601. The van der Waals surface area contributed by atoms with Crippen molar-refractivity contribution in [3.63, 3.8) is 0 Å². The number of rotatable bonds is 3. The van der Waals surface area contributed by atoms with Crippen molar-refractivity contribution in [2.45, 2.75) is 0 Å². The predicted molar refractivity (Wildman–Crippen MR) is 92.7 cm³/mol. The molecule has 0 radical (unpaired) electrons. The molecular formula is C16H12Br2N2O. The van der Waals surface area contributed by atoms with Gasteiger partial charge in [0, 0.05) is 14.5 Å². The van der Waals surface area contributed by atoms with Crippen LogP contribution in [0.3, 0.4) is 0 Å². The second-order valence-electron chi connectivity index (χ2n) is 4.43. The molecule has 0 unspecified atom stereocenters. The zero-order chi connectivity index (χ0) is 14.7. The van der Waals surface area contributed by atoms with Gasteiger partial charge >= 0.3 is 0 Å². The Morgan fingerprint density at radius 2 is 1.71 bits per heavy atom. The summed E-state index contributed by atoms with van der Waals surface area (Å²) >= 11 is 7.08. The minimum absolute atomic E-state index is 0.601. The van der Waals surface area contributed by atoms with E-state index in [4.69, 9.17) is 9.73 Å². The average molecular weight is 408 g/mol. The van der Waals surface area contributed by atoms with Gasteiger partial charge in [-0.3, -0.25) is 0 Å². The second kappa shape index (κ2) is 6.54. The highest BCUT2D eigenvalue weighted by molar-refractivity contribution is 9.11. The molecule has 0 atom stereocenters. The Hall–Kier alpha value is -1.46. The van der Waals surface area contributed by atoms with Gasteiger partial charge in [-0.25, -0.2) is 9.98 Å². The zero-order valence-electron chi connectivity index (χ0n) is 11.1. The van der Waals surface area contributed by atoms with Gasteiger partial charge in [-0.2, -0.15) is 0 Å². The van der Waals surface area contributed by atoms with Crippen molar-refractivity contribution in [1.29, 1.82) is 0 Å². The third-order valence-electron chi connectivity index (χ3n) is 3.00. The third-order valence-corrected chi connectivity index (χ3v) is 4.28. The quantitative estimate of drug-likeness (QED) is 0.675. The summed E-state index contributed by atoms with van der Waals surface area (Å²) in [7, 11) is 0. The van der Waals surface area contributed by atoms with Crippen LogP contribution in [0.5, 0.6) is 0 Å². The summed E-state index contributed by atoms with van der Waals surface area (Å²) in [6.07, 6.45) is 0. The van der Waals surface area contributed by atoms with Gasteiger partial charge < -0.3 is 4.74 Å². The van der Waals surface area contributed by atoms with Crippen molar-refractivity contribution in [2.75, 3.05) is 13.2 Å². The molecule has 3 nitrogen and oxygen atoms in total. The van der Waals surface area contributed by atoms with Gasteiger partial charge in [0.1, 0.15) is 12.3 Å². The van der Waals surface area contributed by atoms with E-state index in [1.165, 1.54) is 0 Å². The number of halogens is 2. The van der Waals surface area contributed by atoms with E-state index in [9.17, 15) is 0 Å². The second-order valence-corrected chi connectivity index (χ2v) is 6.14. The minimum Gasteiger partial charge on any atom is -0.474 e. The Morgan fingerprint density at radius 1 is 1.00 bits per heavy atom. The Morgan fingerprint density at radius 3 is 2.33 bits per heavy atom. The number of nitrogens with zero attached hydrogens (tertiary/aromatic N) is 2. The highest BCUT2D eigenvalue weighted by Crippen LogP contribution is 2.34. The van der Waals surface area contributed by atoms with Crippen molar-refractivity contribution in [3.05, 3.63) is 63.0 Å². The van der Waals surface area contributed by atoms with E-state index < -0.39 is 0 Å². The number of aliphatic imine (C=N–C) groups is 2. The van der Waals surface area contributed by atoms with Crippen LogP contribution < -0.4 is 0 Å². The fraction of sp³-hybridized carbons (Fsp3) is 0.125. The zero-order valence-corrected chi connectivity index (χ0v) is 14.3. The van der Waals surface area contributed by atoms with Crippen LogP contribution in [-0.2, 0) is 4.74 Å². The number of benzene rings is 2. The topological polar surface area (TPSA) is 34.0 Å². The summed E-state index contributed by atoms with van der Waals surface area (Å²) in [6.45, 7) is 1.29. The van der Waals surface area contributed by atoms with Crippen LogP contribution in [0.25, 0.3) is 0 Å². The van der Waals surface area contributed by atoms with E-state index in [1.807, 2.05) is 48.5 Å². The van der Waals surface area contributed by atoms with Gasteiger partial charge in [0.15, 0.2) is 0 Å². The first-order chi connectivity index (χ1) is 10.3. The normalized spacial score (nSPS) is 14.8. The molecule has 0 bridgehead atoms. The van der Waals surface area contributed by atoms with Crippen molar-refractivity contribution < 1.29 is 4.74 Å². The molecule has 3 rings (SSSR count). The molecule has 0 amide bonds. The number of hydrogen-bond donors (Lipinski definition) is 0. The van der Waals surface area contributed by atoms with Crippen LogP contribution in [0.2, 0.25) is 0 Å². The van der Waals surface area contributed by atoms with Crippen molar-refractivity contribution in [1.82, 2.24) is 0 Å². The number of hydrogen-bond acceptors (Lipinski definition) is 3. The SMILES string of the molecule is Brc1cccc(Br)c1N=C(C1=NCCO1)c1ccccc1. The first kappa shape index (κ1) is 14.5. The Balaban J connectivity index is 2.13. The molecule has 0 saturated carbocycles. The van der Waals surface area contributed by atoms with Crippen molar-refractivity contribution in [3.8, 4) is 0 Å². The molecule has 1 heterocycles. The highest BCUT2D eigenvalue weighted by atomic mass is 79.9. The molecule has 5 heteroatoms. The van der Waals surface area contributed by atoms with Crippen LogP contribution in [-0.4, -0.2) is 24.8 Å². The molecule has 2 aromatic carbocycles. The summed E-state index contributed by atoms with van der Waals surface area (Å²) < 4.78 is 7.45. The summed E-state index contributed by atoms with van der Waals surface area (Å²) in [5, 5.41) is 0. The maximum atomic E-state index is 5.61. The molecule has 2 aromatic rings. The summed E-state index contributed by atoms with van der Waals surface area (Å²) in [5.41, 5.74) is 2.57. The first-order valence-electron chi connectivity index (χ1n) is 6.51. The highest BCUT2D eigenvalue weighted by Gasteiger charge is 2.18. The maximum absolute atomic E-state index is 5.61. The van der Waals surface area contributed by atoms with Crippen LogP contribution >= 0.6 is 31.9 Å². The molecule has 1 aliphatic heterocycles. The number of ether oxygens (including phenoxy) is 1. The van der Waals surface area contributed by atoms with Crippen molar-refractivity contribution in [2.24, 2.45) is 9.98 Å². The van der Waals surface area contributed by atoms with Crippen LogP contribution in [0.4, 0.5) is 5.69 Å². The standard InChI is InChI=1S/C16H12Br2N2O/c17-12-7-4-8-13(18)15(12)20-14(16-19-9-10-21-16)11-5-2-1-3-6-11/h1-8H,9-10H2. The van der Waals surface area contributed by atoms with Crippen molar-refractivity contribution >= 4 is 49.2 Å². The van der Waals surface area contributed by atoms with Gasteiger partial charge in [0.25, 0.3) is 0 Å². The molecule has 0 aliphatic carbocycles. The Kier molecular flexibility index (Phi) is 4.51. The van der Waals surface area contributed by atoms with Gasteiger partial charge in [-0.05, 0) is 44.0 Å². The van der Waals surface area contributed by atoms with Gasteiger partial charge in [-0.1, -0.05) is 36.4 Å². The lowest BCUT2D eigenvalue weighted by Crippen LogP contribution is -2.15. The Bertz CT molecular complexity index is 691. The lowest BCUT2D eigenvalue weighted by Gasteiger charge is -2.09. The van der Waals surface area contributed by atoms with E-state index in [0.717, 1.165) is 25.9 Å². The number of para-hydroxylation sites is 1. The average Bonchev–Trinajstić information content (AvgIpc) is 3.02.